The number of rotatable bonds is 3. The molecule has 0 atom stereocenters. The zero-order valence-electron chi connectivity index (χ0n) is 10.3. The molecular weight excluding hydrogens is 356 g/mol. The van der Waals surface area contributed by atoms with Crippen molar-refractivity contribution in [1.82, 2.24) is 0 Å². The summed E-state index contributed by atoms with van der Waals surface area (Å²) in [6.07, 6.45) is -4.84. The van der Waals surface area contributed by atoms with Crippen LogP contribution in [-0.4, -0.2) is 6.36 Å². The zero-order chi connectivity index (χ0) is 15.6. The van der Waals surface area contributed by atoms with Crippen molar-refractivity contribution in [2.75, 3.05) is 11.1 Å². The highest BCUT2D eigenvalue weighted by Crippen LogP contribution is 2.36. The topological polar surface area (TPSA) is 47.3 Å². The minimum atomic E-state index is -4.84. The van der Waals surface area contributed by atoms with Gasteiger partial charge in [0.05, 0.1) is 17.1 Å². The Morgan fingerprint density at radius 1 is 1.10 bits per heavy atom. The number of nitrogens with one attached hydrogen (secondary N) is 1. The maximum absolute atomic E-state index is 13.3. The molecule has 3 N–H and O–H groups in total. The van der Waals surface area contributed by atoms with Crippen molar-refractivity contribution in [1.29, 1.82) is 0 Å². The second-order valence-electron chi connectivity index (χ2n) is 4.01. The van der Waals surface area contributed by atoms with Crippen molar-refractivity contribution in [2.24, 2.45) is 0 Å². The van der Waals surface area contributed by atoms with Crippen LogP contribution >= 0.6 is 15.9 Å². The van der Waals surface area contributed by atoms with Gasteiger partial charge in [-0.25, -0.2) is 4.39 Å². The molecule has 0 aliphatic rings. The Labute approximate surface area is 125 Å². The average Bonchev–Trinajstić information content (AvgIpc) is 2.36. The molecule has 2 aromatic carbocycles. The molecule has 112 valence electrons. The molecule has 0 heterocycles. The molecule has 3 nitrogen and oxygen atoms in total. The maximum Gasteiger partial charge on any atom is 0.573 e. The molecule has 0 saturated carbocycles. The van der Waals surface area contributed by atoms with Crippen LogP contribution in [0.5, 0.6) is 5.75 Å². The van der Waals surface area contributed by atoms with Crippen LogP contribution in [0.15, 0.2) is 40.9 Å². The third kappa shape index (κ3) is 4.01. The first kappa shape index (κ1) is 15.4. The molecule has 0 spiro atoms. The van der Waals surface area contributed by atoms with E-state index in [9.17, 15) is 17.6 Å². The second-order valence-corrected chi connectivity index (χ2v) is 4.93. The highest BCUT2D eigenvalue weighted by Gasteiger charge is 2.32. The predicted octanol–water partition coefficient (Wildman–Crippen LogP) is 4.81. The van der Waals surface area contributed by atoms with Gasteiger partial charge in [0, 0.05) is 4.47 Å². The predicted molar refractivity (Wildman–Crippen MR) is 74.9 cm³/mol. The van der Waals surface area contributed by atoms with Crippen LogP contribution in [0.2, 0.25) is 0 Å². The number of nitrogen functional groups attached to an aromatic ring is 1. The van der Waals surface area contributed by atoms with Gasteiger partial charge < -0.3 is 15.8 Å². The summed E-state index contributed by atoms with van der Waals surface area (Å²) in [4.78, 5) is 0. The van der Waals surface area contributed by atoms with Gasteiger partial charge in [-0.05, 0) is 30.3 Å². The first-order valence-corrected chi connectivity index (χ1v) is 6.42. The minimum Gasteiger partial charge on any atom is -0.404 e. The highest BCUT2D eigenvalue weighted by molar-refractivity contribution is 9.10. The maximum atomic E-state index is 13.3. The summed E-state index contributed by atoms with van der Waals surface area (Å²) in [5.41, 5.74) is 5.48. The summed E-state index contributed by atoms with van der Waals surface area (Å²) in [7, 11) is 0. The largest absolute Gasteiger partial charge is 0.573 e. The molecule has 0 fully saturated rings. The van der Waals surface area contributed by atoms with Gasteiger partial charge in [-0.15, -0.1) is 13.2 Å². The Kier molecular flexibility index (Phi) is 4.26. The number of halogens is 5. The van der Waals surface area contributed by atoms with Crippen molar-refractivity contribution >= 4 is 33.0 Å². The van der Waals surface area contributed by atoms with E-state index in [4.69, 9.17) is 5.73 Å². The minimum absolute atomic E-state index is 0.00725. The van der Waals surface area contributed by atoms with E-state index in [-0.39, 0.29) is 17.1 Å². The van der Waals surface area contributed by atoms with Crippen molar-refractivity contribution < 1.29 is 22.3 Å². The van der Waals surface area contributed by atoms with Gasteiger partial charge in [0.1, 0.15) is 5.82 Å². The number of nitrogens with two attached hydrogens (primary N) is 1. The molecule has 2 aromatic rings. The normalized spacial score (nSPS) is 11.3. The number of hydrogen-bond donors (Lipinski definition) is 2. The van der Waals surface area contributed by atoms with Crippen LogP contribution in [0.25, 0.3) is 0 Å². The molecule has 21 heavy (non-hydrogen) atoms. The van der Waals surface area contributed by atoms with Crippen LogP contribution in [0.1, 0.15) is 0 Å². The van der Waals surface area contributed by atoms with Gasteiger partial charge in [-0.2, -0.15) is 0 Å². The summed E-state index contributed by atoms with van der Waals surface area (Å²) < 4.78 is 54.8. The van der Waals surface area contributed by atoms with Gasteiger partial charge in [-0.1, -0.05) is 22.0 Å². The second kappa shape index (κ2) is 5.80. The standard InChI is InChI=1S/C13H9BrF4N2O/c14-7-4-5-9(11(6-7)21-13(16,17)18)20-10-3-1-2-8(15)12(10)19/h1-6,20H,19H2. The summed E-state index contributed by atoms with van der Waals surface area (Å²) in [5, 5.41) is 2.62. The van der Waals surface area contributed by atoms with E-state index in [1.54, 1.807) is 0 Å². The quantitative estimate of drug-likeness (QED) is 0.606. The van der Waals surface area contributed by atoms with Crippen LogP contribution in [0.4, 0.5) is 34.6 Å². The number of anilines is 3. The lowest BCUT2D eigenvalue weighted by Gasteiger charge is -2.16. The van der Waals surface area contributed by atoms with E-state index in [2.05, 4.69) is 26.0 Å². The Hall–Kier alpha value is -1.96. The van der Waals surface area contributed by atoms with Crippen LogP contribution in [0, 0.1) is 5.82 Å². The van der Waals surface area contributed by atoms with E-state index in [1.165, 1.54) is 24.3 Å². The fraction of sp³-hybridized carbons (Fsp3) is 0.0769. The third-order valence-electron chi connectivity index (χ3n) is 2.49. The number of hydrogen-bond acceptors (Lipinski definition) is 3. The summed E-state index contributed by atoms with van der Waals surface area (Å²) in [6.45, 7) is 0. The van der Waals surface area contributed by atoms with Crippen LogP contribution in [-0.2, 0) is 0 Å². The van der Waals surface area contributed by atoms with Gasteiger partial charge in [0.2, 0.25) is 0 Å². The van der Waals surface area contributed by atoms with Gasteiger partial charge in [0.15, 0.2) is 5.75 Å². The number of ether oxygens (including phenoxy) is 1. The first-order chi connectivity index (χ1) is 9.76. The molecule has 0 amide bonds. The fourth-order valence-electron chi connectivity index (χ4n) is 1.60. The average molecular weight is 365 g/mol. The Morgan fingerprint density at radius 3 is 2.48 bits per heavy atom. The SMILES string of the molecule is Nc1c(F)cccc1Nc1ccc(Br)cc1OC(F)(F)F. The van der Waals surface area contributed by atoms with Gasteiger partial charge in [-0.3, -0.25) is 0 Å². The Bertz CT molecular complexity index is 661. The van der Waals surface area contributed by atoms with E-state index in [0.717, 1.165) is 12.1 Å². The summed E-state index contributed by atoms with van der Waals surface area (Å²) in [5.74, 6) is -1.13. The molecule has 0 aliphatic carbocycles. The van der Waals surface area contributed by atoms with Crippen molar-refractivity contribution in [3.63, 3.8) is 0 Å². The first-order valence-electron chi connectivity index (χ1n) is 5.62. The lowest BCUT2D eigenvalue weighted by molar-refractivity contribution is -0.274. The smallest absolute Gasteiger partial charge is 0.404 e. The van der Waals surface area contributed by atoms with E-state index in [1.807, 2.05) is 0 Å². The molecular formula is C13H9BrF4N2O. The van der Waals surface area contributed by atoms with Crippen molar-refractivity contribution in [3.05, 3.63) is 46.7 Å². The Morgan fingerprint density at radius 2 is 1.81 bits per heavy atom. The number of para-hydroxylation sites is 1. The lowest BCUT2D eigenvalue weighted by atomic mass is 10.2. The van der Waals surface area contributed by atoms with E-state index >= 15 is 0 Å². The molecule has 8 heteroatoms. The monoisotopic (exact) mass is 364 g/mol. The molecule has 0 radical (unpaired) electrons. The van der Waals surface area contributed by atoms with Crippen molar-refractivity contribution in [2.45, 2.75) is 6.36 Å². The molecule has 0 bridgehead atoms. The lowest BCUT2D eigenvalue weighted by Crippen LogP contribution is -2.18. The van der Waals surface area contributed by atoms with Crippen molar-refractivity contribution in [3.8, 4) is 5.75 Å². The fourth-order valence-corrected chi connectivity index (χ4v) is 1.94. The molecule has 0 aliphatic heterocycles. The summed E-state index contributed by atoms with van der Waals surface area (Å²) in [6, 6.07) is 7.99. The number of benzene rings is 2. The number of alkyl halides is 3. The zero-order valence-corrected chi connectivity index (χ0v) is 11.9. The van der Waals surface area contributed by atoms with E-state index < -0.39 is 17.9 Å². The molecule has 2 rings (SSSR count). The van der Waals surface area contributed by atoms with Crippen LogP contribution in [0.3, 0.4) is 0 Å². The molecule has 0 unspecified atom stereocenters. The van der Waals surface area contributed by atoms with Crippen LogP contribution < -0.4 is 15.8 Å². The molecule has 0 aromatic heterocycles. The molecule has 0 saturated heterocycles. The third-order valence-corrected chi connectivity index (χ3v) is 2.98. The Balaban J connectivity index is 2.37. The highest BCUT2D eigenvalue weighted by atomic mass is 79.9. The van der Waals surface area contributed by atoms with E-state index in [0.29, 0.717) is 4.47 Å². The van der Waals surface area contributed by atoms with Gasteiger partial charge in [0.25, 0.3) is 0 Å². The summed E-state index contributed by atoms with van der Waals surface area (Å²) >= 11 is 3.06. The van der Waals surface area contributed by atoms with Gasteiger partial charge >= 0.3 is 6.36 Å².